The van der Waals surface area contributed by atoms with Gasteiger partial charge in [0.2, 0.25) is 0 Å². The molecule has 1 atom stereocenters. The van der Waals surface area contributed by atoms with E-state index in [-0.39, 0.29) is 5.91 Å². The molecular formula is C22H29N5O. The smallest absolute Gasteiger partial charge is 0.254 e. The van der Waals surface area contributed by atoms with Crippen LogP contribution in [0.5, 0.6) is 0 Å². The molecule has 1 aromatic heterocycles. The van der Waals surface area contributed by atoms with E-state index in [1.165, 1.54) is 29.5 Å². The first-order valence-corrected chi connectivity index (χ1v) is 10.6. The molecule has 0 saturated carbocycles. The van der Waals surface area contributed by atoms with Gasteiger partial charge in [0.15, 0.2) is 0 Å². The standard InChI is InChI=1S/C22H29N5O/c28-22-21-4-3-18(10-19(21)15-27(22)20-2-1-7-23-13-20)17-5-8-26(9-6-17)14-16-11-24-25-12-16/h3-4,10-12,17,20,23H,1-2,5-9,13-15H2,(H,24,25). The minimum atomic E-state index is 0.227. The highest BCUT2D eigenvalue weighted by molar-refractivity contribution is 5.98. The van der Waals surface area contributed by atoms with Gasteiger partial charge in [-0.05, 0) is 68.4 Å². The first-order valence-electron chi connectivity index (χ1n) is 10.6. The fraction of sp³-hybridized carbons (Fsp3) is 0.545. The summed E-state index contributed by atoms with van der Waals surface area (Å²) in [5.74, 6) is 0.830. The molecule has 2 N–H and O–H groups in total. The van der Waals surface area contributed by atoms with Crippen molar-refractivity contribution in [1.82, 2.24) is 25.3 Å². The number of carbonyl (C=O) groups is 1. The second-order valence-corrected chi connectivity index (χ2v) is 8.51. The Balaban J connectivity index is 1.23. The summed E-state index contributed by atoms with van der Waals surface area (Å²) in [4.78, 5) is 17.5. The van der Waals surface area contributed by atoms with E-state index >= 15 is 0 Å². The van der Waals surface area contributed by atoms with Crippen molar-refractivity contribution in [3.05, 3.63) is 52.8 Å². The molecule has 3 aliphatic heterocycles. The van der Waals surface area contributed by atoms with Crippen LogP contribution in [0.15, 0.2) is 30.6 Å². The third-order valence-electron chi connectivity index (χ3n) is 6.69. The highest BCUT2D eigenvalue weighted by atomic mass is 16.2. The Morgan fingerprint density at radius 3 is 2.82 bits per heavy atom. The largest absolute Gasteiger partial charge is 0.330 e. The number of fused-ring (bicyclic) bond motifs is 1. The Bertz CT molecular complexity index is 819. The number of rotatable bonds is 4. The van der Waals surface area contributed by atoms with E-state index in [4.69, 9.17) is 0 Å². The fourth-order valence-corrected chi connectivity index (χ4v) is 5.06. The number of amides is 1. The van der Waals surface area contributed by atoms with Gasteiger partial charge in [0, 0.05) is 43.0 Å². The number of carbonyl (C=O) groups excluding carboxylic acids is 1. The molecule has 0 radical (unpaired) electrons. The molecule has 4 heterocycles. The highest BCUT2D eigenvalue weighted by Crippen LogP contribution is 2.33. The van der Waals surface area contributed by atoms with Gasteiger partial charge in [0.25, 0.3) is 5.91 Å². The molecule has 28 heavy (non-hydrogen) atoms. The molecule has 6 heteroatoms. The number of aromatic nitrogens is 2. The zero-order valence-electron chi connectivity index (χ0n) is 16.4. The summed E-state index contributed by atoms with van der Waals surface area (Å²) in [5, 5.41) is 10.4. The van der Waals surface area contributed by atoms with Crippen LogP contribution >= 0.6 is 0 Å². The monoisotopic (exact) mass is 379 g/mol. The van der Waals surface area contributed by atoms with Crippen molar-refractivity contribution in [2.75, 3.05) is 26.2 Å². The van der Waals surface area contributed by atoms with Crippen molar-refractivity contribution in [2.24, 2.45) is 0 Å². The third kappa shape index (κ3) is 3.47. The lowest BCUT2D eigenvalue weighted by Crippen LogP contribution is -2.46. The van der Waals surface area contributed by atoms with Crippen molar-refractivity contribution in [3.63, 3.8) is 0 Å². The fourth-order valence-electron chi connectivity index (χ4n) is 5.06. The average Bonchev–Trinajstić information content (AvgIpc) is 3.37. The van der Waals surface area contributed by atoms with E-state index in [9.17, 15) is 4.79 Å². The molecule has 0 spiro atoms. The molecule has 1 amide bonds. The van der Waals surface area contributed by atoms with Gasteiger partial charge in [-0.3, -0.25) is 14.8 Å². The van der Waals surface area contributed by atoms with E-state index in [1.54, 1.807) is 0 Å². The maximum Gasteiger partial charge on any atom is 0.254 e. The summed E-state index contributed by atoms with van der Waals surface area (Å²) in [5.41, 5.74) is 4.82. The summed E-state index contributed by atoms with van der Waals surface area (Å²) in [6.45, 7) is 6.01. The average molecular weight is 380 g/mol. The van der Waals surface area contributed by atoms with Crippen LogP contribution < -0.4 is 5.32 Å². The number of nitrogens with one attached hydrogen (secondary N) is 2. The van der Waals surface area contributed by atoms with Crippen LogP contribution in [0.1, 0.15) is 58.6 Å². The Labute approximate surface area is 166 Å². The van der Waals surface area contributed by atoms with Gasteiger partial charge >= 0.3 is 0 Å². The molecular weight excluding hydrogens is 350 g/mol. The number of aromatic amines is 1. The van der Waals surface area contributed by atoms with E-state index in [1.807, 2.05) is 12.4 Å². The normalized spacial score (nSPS) is 23.9. The summed E-state index contributed by atoms with van der Waals surface area (Å²) < 4.78 is 0. The van der Waals surface area contributed by atoms with Gasteiger partial charge in [-0.2, -0.15) is 5.10 Å². The molecule has 2 saturated heterocycles. The number of likely N-dealkylation sites (tertiary alicyclic amines) is 1. The number of H-pyrrole nitrogens is 1. The second kappa shape index (κ2) is 7.68. The Morgan fingerprint density at radius 2 is 2.07 bits per heavy atom. The van der Waals surface area contributed by atoms with E-state index in [0.29, 0.717) is 12.0 Å². The topological polar surface area (TPSA) is 64.3 Å². The molecule has 2 aromatic rings. The number of hydrogen-bond donors (Lipinski definition) is 2. The molecule has 5 rings (SSSR count). The van der Waals surface area contributed by atoms with Gasteiger partial charge in [-0.25, -0.2) is 0 Å². The van der Waals surface area contributed by atoms with Crippen LogP contribution in [0.25, 0.3) is 0 Å². The van der Waals surface area contributed by atoms with Crippen molar-refractivity contribution in [1.29, 1.82) is 0 Å². The van der Waals surface area contributed by atoms with Gasteiger partial charge in [-0.15, -0.1) is 0 Å². The molecule has 0 bridgehead atoms. The minimum absolute atomic E-state index is 0.227. The lowest BCUT2D eigenvalue weighted by Gasteiger charge is -2.32. The molecule has 148 valence electrons. The van der Waals surface area contributed by atoms with Crippen molar-refractivity contribution in [3.8, 4) is 0 Å². The second-order valence-electron chi connectivity index (χ2n) is 8.51. The van der Waals surface area contributed by atoms with Crippen LogP contribution in [-0.2, 0) is 13.1 Å². The number of nitrogens with zero attached hydrogens (tertiary/aromatic N) is 3. The maximum absolute atomic E-state index is 12.9. The Morgan fingerprint density at radius 1 is 1.18 bits per heavy atom. The predicted molar refractivity (Wildman–Crippen MR) is 108 cm³/mol. The summed E-state index contributed by atoms with van der Waals surface area (Å²) >= 11 is 0. The van der Waals surface area contributed by atoms with Crippen molar-refractivity contribution < 1.29 is 4.79 Å². The van der Waals surface area contributed by atoms with E-state index in [2.05, 4.69) is 43.5 Å². The lowest BCUT2D eigenvalue weighted by molar-refractivity contribution is 0.0674. The lowest BCUT2D eigenvalue weighted by atomic mass is 9.88. The molecule has 6 nitrogen and oxygen atoms in total. The predicted octanol–water partition coefficient (Wildman–Crippen LogP) is 2.50. The van der Waals surface area contributed by atoms with Gasteiger partial charge in [0.1, 0.15) is 0 Å². The van der Waals surface area contributed by atoms with Crippen LogP contribution in [0.2, 0.25) is 0 Å². The zero-order chi connectivity index (χ0) is 18.9. The van der Waals surface area contributed by atoms with Crippen molar-refractivity contribution in [2.45, 2.75) is 50.7 Å². The van der Waals surface area contributed by atoms with Crippen LogP contribution in [0, 0.1) is 0 Å². The quantitative estimate of drug-likeness (QED) is 0.857. The zero-order valence-corrected chi connectivity index (χ0v) is 16.4. The van der Waals surface area contributed by atoms with E-state index < -0.39 is 0 Å². The SMILES string of the molecule is O=C1c2ccc(C3CCN(Cc4cn[nH]c4)CC3)cc2CN1C1CCCNC1. The number of hydrogen-bond acceptors (Lipinski definition) is 4. The molecule has 3 aliphatic rings. The summed E-state index contributed by atoms with van der Waals surface area (Å²) in [6.07, 6.45) is 8.54. The first kappa shape index (κ1) is 17.9. The first-order chi connectivity index (χ1) is 13.8. The van der Waals surface area contributed by atoms with Crippen molar-refractivity contribution >= 4 is 5.91 Å². The molecule has 2 fully saturated rings. The van der Waals surface area contributed by atoms with Crippen LogP contribution in [-0.4, -0.2) is 58.1 Å². The van der Waals surface area contributed by atoms with Gasteiger partial charge in [-0.1, -0.05) is 12.1 Å². The Kier molecular flexibility index (Phi) is 4.91. The van der Waals surface area contributed by atoms with E-state index in [0.717, 1.165) is 57.7 Å². The molecule has 1 aromatic carbocycles. The summed E-state index contributed by atoms with van der Waals surface area (Å²) in [7, 11) is 0. The third-order valence-corrected chi connectivity index (χ3v) is 6.69. The highest BCUT2D eigenvalue weighted by Gasteiger charge is 2.34. The minimum Gasteiger partial charge on any atom is -0.330 e. The Hall–Kier alpha value is -2.18. The molecule has 0 aliphatic carbocycles. The van der Waals surface area contributed by atoms with Crippen LogP contribution in [0.4, 0.5) is 0 Å². The van der Waals surface area contributed by atoms with Crippen LogP contribution in [0.3, 0.4) is 0 Å². The number of piperidine rings is 2. The maximum atomic E-state index is 12.9. The van der Waals surface area contributed by atoms with Gasteiger partial charge < -0.3 is 10.2 Å². The molecule has 1 unspecified atom stereocenters. The summed E-state index contributed by atoms with van der Waals surface area (Å²) in [6, 6.07) is 6.96. The number of benzene rings is 1. The van der Waals surface area contributed by atoms with Gasteiger partial charge in [0.05, 0.1) is 6.20 Å².